The summed E-state index contributed by atoms with van der Waals surface area (Å²) in [7, 11) is 1.40. The third-order valence-corrected chi connectivity index (χ3v) is 3.54. The quantitative estimate of drug-likeness (QED) is 0.621. The summed E-state index contributed by atoms with van der Waals surface area (Å²) in [5.41, 5.74) is 2.29. The van der Waals surface area contributed by atoms with E-state index in [0.717, 1.165) is 10.9 Å². The normalized spacial score (nSPS) is 12.2. The number of halogens is 2. The van der Waals surface area contributed by atoms with Gasteiger partial charge in [-0.2, -0.15) is 0 Å². The first-order valence-electron chi connectivity index (χ1n) is 4.53. The SMILES string of the molecule is COC(=O)CC(Br)c1cccc(CBr)c1. The van der Waals surface area contributed by atoms with Crippen LogP contribution in [0.3, 0.4) is 0 Å². The van der Waals surface area contributed by atoms with Crippen LogP contribution in [0.4, 0.5) is 0 Å². The minimum atomic E-state index is -0.207. The summed E-state index contributed by atoms with van der Waals surface area (Å²) in [6.07, 6.45) is 0.349. The molecule has 0 saturated heterocycles. The molecule has 0 heterocycles. The lowest BCUT2D eigenvalue weighted by atomic mass is 10.1. The molecule has 1 rings (SSSR count). The maximum Gasteiger partial charge on any atom is 0.306 e. The zero-order valence-electron chi connectivity index (χ0n) is 8.37. The molecule has 82 valence electrons. The van der Waals surface area contributed by atoms with Gasteiger partial charge in [-0.3, -0.25) is 4.79 Å². The lowest BCUT2D eigenvalue weighted by molar-refractivity contribution is -0.140. The Kier molecular flexibility index (Phi) is 5.32. The number of methoxy groups -OCH3 is 1. The summed E-state index contributed by atoms with van der Waals surface area (Å²) in [6, 6.07) is 8.08. The molecular formula is C11H12Br2O2. The van der Waals surface area contributed by atoms with Gasteiger partial charge in [0, 0.05) is 10.2 Å². The van der Waals surface area contributed by atoms with E-state index in [9.17, 15) is 4.79 Å². The van der Waals surface area contributed by atoms with Crippen molar-refractivity contribution in [1.82, 2.24) is 0 Å². The van der Waals surface area contributed by atoms with E-state index in [2.05, 4.69) is 42.7 Å². The van der Waals surface area contributed by atoms with Gasteiger partial charge in [0.25, 0.3) is 0 Å². The maximum atomic E-state index is 11.1. The number of carbonyl (C=O) groups excluding carboxylic acids is 1. The van der Waals surface area contributed by atoms with Gasteiger partial charge >= 0.3 is 5.97 Å². The van der Waals surface area contributed by atoms with E-state index < -0.39 is 0 Å². The zero-order chi connectivity index (χ0) is 11.3. The van der Waals surface area contributed by atoms with Crippen molar-refractivity contribution in [3.05, 3.63) is 35.4 Å². The molecule has 1 unspecified atom stereocenters. The first-order valence-corrected chi connectivity index (χ1v) is 6.56. The van der Waals surface area contributed by atoms with Crippen molar-refractivity contribution in [2.24, 2.45) is 0 Å². The Balaban J connectivity index is 2.72. The van der Waals surface area contributed by atoms with Crippen molar-refractivity contribution in [1.29, 1.82) is 0 Å². The first kappa shape index (κ1) is 12.7. The van der Waals surface area contributed by atoms with E-state index in [-0.39, 0.29) is 10.8 Å². The topological polar surface area (TPSA) is 26.3 Å². The van der Waals surface area contributed by atoms with Crippen molar-refractivity contribution < 1.29 is 9.53 Å². The number of hydrogen-bond donors (Lipinski definition) is 0. The summed E-state index contributed by atoms with van der Waals surface area (Å²) < 4.78 is 4.62. The van der Waals surface area contributed by atoms with Crippen molar-refractivity contribution in [3.63, 3.8) is 0 Å². The van der Waals surface area contributed by atoms with E-state index in [1.54, 1.807) is 0 Å². The van der Waals surface area contributed by atoms with E-state index in [0.29, 0.717) is 6.42 Å². The minimum Gasteiger partial charge on any atom is -0.469 e. The van der Waals surface area contributed by atoms with E-state index in [1.807, 2.05) is 18.2 Å². The van der Waals surface area contributed by atoms with Gasteiger partial charge in [0.1, 0.15) is 0 Å². The maximum absolute atomic E-state index is 11.1. The molecule has 4 heteroatoms. The Bertz CT molecular complexity index is 339. The number of carbonyl (C=O) groups is 1. The average Bonchev–Trinajstić information content (AvgIpc) is 2.28. The van der Waals surface area contributed by atoms with Crippen LogP contribution in [0.2, 0.25) is 0 Å². The van der Waals surface area contributed by atoms with Gasteiger partial charge in [0.05, 0.1) is 13.5 Å². The summed E-state index contributed by atoms with van der Waals surface area (Å²) >= 11 is 6.87. The molecule has 0 fully saturated rings. The van der Waals surface area contributed by atoms with Crippen molar-refractivity contribution in [2.75, 3.05) is 7.11 Å². The smallest absolute Gasteiger partial charge is 0.306 e. The lowest BCUT2D eigenvalue weighted by Gasteiger charge is -2.09. The van der Waals surface area contributed by atoms with Gasteiger partial charge in [-0.05, 0) is 11.1 Å². The highest BCUT2D eigenvalue weighted by Gasteiger charge is 2.13. The molecule has 0 bridgehead atoms. The van der Waals surface area contributed by atoms with E-state index >= 15 is 0 Å². The van der Waals surface area contributed by atoms with Crippen LogP contribution >= 0.6 is 31.9 Å². The Hall–Kier alpha value is -0.350. The zero-order valence-corrected chi connectivity index (χ0v) is 11.5. The van der Waals surface area contributed by atoms with Crippen molar-refractivity contribution in [3.8, 4) is 0 Å². The van der Waals surface area contributed by atoms with Crippen molar-refractivity contribution >= 4 is 37.8 Å². The molecule has 0 aliphatic heterocycles. The predicted molar refractivity (Wildman–Crippen MR) is 67.4 cm³/mol. The second kappa shape index (κ2) is 6.28. The molecule has 1 aromatic rings. The molecule has 1 atom stereocenters. The molecule has 0 saturated carbocycles. The molecule has 0 aliphatic rings. The van der Waals surface area contributed by atoms with Crippen LogP contribution in [0.1, 0.15) is 22.4 Å². The highest BCUT2D eigenvalue weighted by atomic mass is 79.9. The van der Waals surface area contributed by atoms with E-state index in [1.165, 1.54) is 12.7 Å². The molecular weight excluding hydrogens is 324 g/mol. The molecule has 1 aromatic carbocycles. The van der Waals surface area contributed by atoms with Crippen LogP contribution < -0.4 is 0 Å². The van der Waals surface area contributed by atoms with Crippen LogP contribution in [0.25, 0.3) is 0 Å². The second-order valence-corrected chi connectivity index (χ2v) is 4.79. The van der Waals surface area contributed by atoms with E-state index in [4.69, 9.17) is 0 Å². The molecule has 0 radical (unpaired) electrons. The Morgan fingerprint density at radius 3 is 2.87 bits per heavy atom. The van der Waals surface area contributed by atoms with Gasteiger partial charge in [-0.15, -0.1) is 0 Å². The Morgan fingerprint density at radius 1 is 1.53 bits per heavy atom. The predicted octanol–water partition coefficient (Wildman–Crippen LogP) is 3.58. The van der Waals surface area contributed by atoms with Crippen LogP contribution in [-0.4, -0.2) is 13.1 Å². The summed E-state index contributed by atoms with van der Waals surface area (Å²) in [5, 5.41) is 0.818. The fourth-order valence-electron chi connectivity index (χ4n) is 1.22. The molecule has 0 aromatic heterocycles. The van der Waals surface area contributed by atoms with Crippen molar-refractivity contribution in [2.45, 2.75) is 16.6 Å². The van der Waals surface area contributed by atoms with Gasteiger partial charge in [0.15, 0.2) is 0 Å². The van der Waals surface area contributed by atoms with Crippen LogP contribution in [0, 0.1) is 0 Å². The number of rotatable bonds is 4. The second-order valence-electron chi connectivity index (χ2n) is 3.13. The number of alkyl halides is 2. The highest BCUT2D eigenvalue weighted by molar-refractivity contribution is 9.09. The number of esters is 1. The number of hydrogen-bond acceptors (Lipinski definition) is 2. The Labute approximate surface area is 106 Å². The highest BCUT2D eigenvalue weighted by Crippen LogP contribution is 2.27. The first-order chi connectivity index (χ1) is 7.17. The third-order valence-electron chi connectivity index (χ3n) is 2.04. The molecule has 0 N–H and O–H groups in total. The third kappa shape index (κ3) is 3.95. The molecule has 0 amide bonds. The van der Waals surface area contributed by atoms with Crippen LogP contribution in [0.5, 0.6) is 0 Å². The van der Waals surface area contributed by atoms with Gasteiger partial charge in [0.2, 0.25) is 0 Å². The summed E-state index contributed by atoms with van der Waals surface area (Å²) in [5.74, 6) is -0.207. The largest absolute Gasteiger partial charge is 0.469 e. The molecule has 0 spiro atoms. The lowest BCUT2D eigenvalue weighted by Crippen LogP contribution is -2.04. The Morgan fingerprint density at radius 2 is 2.27 bits per heavy atom. The summed E-state index contributed by atoms with van der Waals surface area (Å²) in [4.78, 5) is 11.1. The van der Waals surface area contributed by atoms with Crippen LogP contribution in [-0.2, 0) is 14.9 Å². The number of ether oxygens (including phenoxy) is 1. The fourth-order valence-corrected chi connectivity index (χ4v) is 2.12. The van der Waals surface area contributed by atoms with Gasteiger partial charge < -0.3 is 4.74 Å². The van der Waals surface area contributed by atoms with Gasteiger partial charge in [-0.25, -0.2) is 0 Å². The van der Waals surface area contributed by atoms with Crippen LogP contribution in [0.15, 0.2) is 24.3 Å². The monoisotopic (exact) mass is 334 g/mol. The fraction of sp³-hybridized carbons (Fsp3) is 0.364. The average molecular weight is 336 g/mol. The standard InChI is InChI=1S/C11H12Br2O2/c1-15-11(14)6-10(13)9-4-2-3-8(5-9)7-12/h2-5,10H,6-7H2,1H3. The molecule has 2 nitrogen and oxygen atoms in total. The number of benzene rings is 1. The minimum absolute atomic E-state index is 0.0175. The molecule has 15 heavy (non-hydrogen) atoms. The molecule has 0 aliphatic carbocycles. The summed E-state index contributed by atoms with van der Waals surface area (Å²) in [6.45, 7) is 0. The van der Waals surface area contributed by atoms with Gasteiger partial charge in [-0.1, -0.05) is 56.1 Å².